The van der Waals surface area contributed by atoms with Crippen LogP contribution in [-0.2, 0) is 17.8 Å². The Balaban J connectivity index is 1.59. The van der Waals surface area contributed by atoms with E-state index in [9.17, 15) is 9.59 Å². The molecule has 5 heteroatoms. The number of fused-ring (bicyclic) bond motifs is 1. The first kappa shape index (κ1) is 18.6. The van der Waals surface area contributed by atoms with Gasteiger partial charge in [0.25, 0.3) is 5.56 Å². The molecule has 2 aromatic heterocycles. The topological polar surface area (TPSA) is 64.0 Å². The van der Waals surface area contributed by atoms with Crippen molar-refractivity contribution in [2.24, 2.45) is 0 Å². The van der Waals surface area contributed by atoms with Gasteiger partial charge in [-0.15, -0.1) is 0 Å². The molecule has 2 aromatic carbocycles. The standard InChI is InChI=1S/C24H21N3O2/c1-17-7-9-18(10-8-17)14-23(28)26-22-6-2-5-21-20(22)11-13-27(24(21)29)16-19-4-3-12-25-15-19/h2-13,15H,14,16H2,1H3,(H,26,28). The third-order valence-electron chi connectivity index (χ3n) is 4.85. The SMILES string of the molecule is Cc1ccc(CC(=O)Nc2cccc3c(=O)n(Cc4cccnc4)ccc23)cc1. The maximum absolute atomic E-state index is 12.9. The smallest absolute Gasteiger partial charge is 0.258 e. The molecule has 0 atom stereocenters. The Bertz CT molecular complexity index is 1210. The molecule has 0 aliphatic carbocycles. The van der Waals surface area contributed by atoms with Gasteiger partial charge in [-0.1, -0.05) is 42.0 Å². The minimum Gasteiger partial charge on any atom is -0.325 e. The first-order valence-electron chi connectivity index (χ1n) is 9.46. The molecule has 1 N–H and O–H groups in total. The summed E-state index contributed by atoms with van der Waals surface area (Å²) in [5.41, 5.74) is 3.61. The van der Waals surface area contributed by atoms with Crippen LogP contribution in [0.25, 0.3) is 10.8 Å². The monoisotopic (exact) mass is 383 g/mol. The maximum Gasteiger partial charge on any atom is 0.258 e. The second-order valence-electron chi connectivity index (χ2n) is 7.09. The first-order chi connectivity index (χ1) is 14.1. The fourth-order valence-electron chi connectivity index (χ4n) is 3.33. The molecule has 0 radical (unpaired) electrons. The minimum atomic E-state index is -0.110. The summed E-state index contributed by atoms with van der Waals surface area (Å²) in [5, 5.41) is 4.25. The molecule has 0 saturated heterocycles. The van der Waals surface area contributed by atoms with Gasteiger partial charge < -0.3 is 9.88 Å². The normalized spacial score (nSPS) is 10.8. The van der Waals surface area contributed by atoms with Crippen LogP contribution >= 0.6 is 0 Å². The molecule has 0 aliphatic heterocycles. The van der Waals surface area contributed by atoms with E-state index in [1.807, 2.05) is 55.5 Å². The molecule has 1 amide bonds. The van der Waals surface area contributed by atoms with Crippen LogP contribution in [0.5, 0.6) is 0 Å². The van der Waals surface area contributed by atoms with Crippen LogP contribution in [0.4, 0.5) is 5.69 Å². The predicted octanol–water partition coefficient (Wildman–Crippen LogP) is 3.93. The molecule has 5 nitrogen and oxygen atoms in total. The van der Waals surface area contributed by atoms with Crippen molar-refractivity contribution < 1.29 is 4.79 Å². The van der Waals surface area contributed by atoms with Crippen LogP contribution < -0.4 is 10.9 Å². The summed E-state index contributed by atoms with van der Waals surface area (Å²) in [4.78, 5) is 29.5. The Morgan fingerprint density at radius 1 is 0.966 bits per heavy atom. The zero-order chi connectivity index (χ0) is 20.2. The van der Waals surface area contributed by atoms with E-state index in [0.29, 0.717) is 17.6 Å². The molecule has 4 rings (SSSR count). The lowest BCUT2D eigenvalue weighted by atomic mass is 10.1. The fraction of sp³-hybridized carbons (Fsp3) is 0.125. The van der Waals surface area contributed by atoms with Gasteiger partial charge in [0.05, 0.1) is 13.0 Å². The number of carbonyl (C=O) groups excluding carboxylic acids is 1. The molecule has 0 fully saturated rings. The molecule has 0 aliphatic rings. The Labute approximate surface area is 168 Å². The number of anilines is 1. The summed E-state index contributed by atoms with van der Waals surface area (Å²) in [7, 11) is 0. The summed E-state index contributed by atoms with van der Waals surface area (Å²) in [6, 6.07) is 18.9. The zero-order valence-electron chi connectivity index (χ0n) is 16.1. The highest BCUT2D eigenvalue weighted by Gasteiger charge is 2.10. The summed E-state index contributed by atoms with van der Waals surface area (Å²) < 4.78 is 1.65. The molecule has 0 unspecified atom stereocenters. The second-order valence-corrected chi connectivity index (χ2v) is 7.09. The van der Waals surface area contributed by atoms with E-state index in [-0.39, 0.29) is 17.9 Å². The summed E-state index contributed by atoms with van der Waals surface area (Å²) in [6.45, 7) is 2.47. The number of aryl methyl sites for hydroxylation is 1. The molecule has 0 saturated carbocycles. The lowest BCUT2D eigenvalue weighted by molar-refractivity contribution is -0.115. The van der Waals surface area contributed by atoms with E-state index in [2.05, 4.69) is 10.3 Å². The van der Waals surface area contributed by atoms with Gasteiger partial charge in [0.15, 0.2) is 0 Å². The average molecular weight is 383 g/mol. The van der Waals surface area contributed by atoms with Crippen molar-refractivity contribution in [3.05, 3.63) is 106 Å². The van der Waals surface area contributed by atoms with E-state index in [1.54, 1.807) is 35.3 Å². The third kappa shape index (κ3) is 4.24. The van der Waals surface area contributed by atoms with Crippen LogP contribution in [0.3, 0.4) is 0 Å². The van der Waals surface area contributed by atoms with Gasteiger partial charge >= 0.3 is 0 Å². The van der Waals surface area contributed by atoms with Crippen LogP contribution in [0.2, 0.25) is 0 Å². The highest BCUT2D eigenvalue weighted by Crippen LogP contribution is 2.21. The average Bonchev–Trinajstić information content (AvgIpc) is 2.73. The number of hydrogen-bond donors (Lipinski definition) is 1. The summed E-state index contributed by atoms with van der Waals surface area (Å²) in [6.07, 6.45) is 5.50. The van der Waals surface area contributed by atoms with Gasteiger partial charge in [0.2, 0.25) is 5.91 Å². The Kier molecular flexibility index (Phi) is 5.20. The molecule has 144 valence electrons. The zero-order valence-corrected chi connectivity index (χ0v) is 16.1. The van der Waals surface area contributed by atoms with Gasteiger partial charge in [-0.3, -0.25) is 14.6 Å². The summed E-state index contributed by atoms with van der Waals surface area (Å²) >= 11 is 0. The highest BCUT2D eigenvalue weighted by molar-refractivity contribution is 6.02. The van der Waals surface area contributed by atoms with Crippen LogP contribution in [0, 0.1) is 6.92 Å². The molecule has 29 heavy (non-hydrogen) atoms. The van der Waals surface area contributed by atoms with E-state index in [1.165, 1.54) is 0 Å². The van der Waals surface area contributed by atoms with Crippen molar-refractivity contribution in [1.29, 1.82) is 0 Å². The number of carbonyl (C=O) groups is 1. The van der Waals surface area contributed by atoms with Crippen LogP contribution in [0.1, 0.15) is 16.7 Å². The number of pyridine rings is 2. The Hall–Kier alpha value is -3.73. The van der Waals surface area contributed by atoms with Gasteiger partial charge in [0, 0.05) is 35.1 Å². The van der Waals surface area contributed by atoms with Crippen molar-refractivity contribution in [3.8, 4) is 0 Å². The van der Waals surface area contributed by atoms with Crippen LogP contribution in [-0.4, -0.2) is 15.5 Å². The van der Waals surface area contributed by atoms with E-state index in [0.717, 1.165) is 22.1 Å². The number of aromatic nitrogens is 2. The van der Waals surface area contributed by atoms with Gasteiger partial charge in [-0.05, 0) is 42.3 Å². The lowest BCUT2D eigenvalue weighted by Crippen LogP contribution is -2.21. The predicted molar refractivity (Wildman–Crippen MR) is 115 cm³/mol. The lowest BCUT2D eigenvalue weighted by Gasteiger charge is -2.11. The fourth-order valence-corrected chi connectivity index (χ4v) is 3.33. The van der Waals surface area contributed by atoms with Crippen molar-refractivity contribution >= 4 is 22.4 Å². The van der Waals surface area contributed by atoms with Crippen LogP contribution in [0.15, 0.2) is 84.0 Å². The summed E-state index contributed by atoms with van der Waals surface area (Å²) in [5.74, 6) is -0.110. The molecule has 0 bridgehead atoms. The Morgan fingerprint density at radius 2 is 1.79 bits per heavy atom. The highest BCUT2D eigenvalue weighted by atomic mass is 16.1. The first-order valence-corrected chi connectivity index (χ1v) is 9.46. The molecule has 0 spiro atoms. The number of nitrogens with one attached hydrogen (secondary N) is 1. The largest absolute Gasteiger partial charge is 0.325 e. The number of amides is 1. The quantitative estimate of drug-likeness (QED) is 0.568. The number of benzene rings is 2. The Morgan fingerprint density at radius 3 is 2.55 bits per heavy atom. The third-order valence-corrected chi connectivity index (χ3v) is 4.85. The van der Waals surface area contributed by atoms with E-state index >= 15 is 0 Å². The van der Waals surface area contributed by atoms with Gasteiger partial charge in [-0.2, -0.15) is 0 Å². The molecule has 2 heterocycles. The number of rotatable bonds is 5. The van der Waals surface area contributed by atoms with E-state index in [4.69, 9.17) is 0 Å². The molecule has 4 aromatic rings. The number of nitrogens with zero attached hydrogens (tertiary/aromatic N) is 2. The van der Waals surface area contributed by atoms with Crippen molar-refractivity contribution in [2.75, 3.05) is 5.32 Å². The van der Waals surface area contributed by atoms with Crippen molar-refractivity contribution in [1.82, 2.24) is 9.55 Å². The van der Waals surface area contributed by atoms with Crippen molar-refractivity contribution in [2.45, 2.75) is 19.9 Å². The van der Waals surface area contributed by atoms with Gasteiger partial charge in [-0.25, -0.2) is 0 Å². The van der Waals surface area contributed by atoms with Gasteiger partial charge in [0.1, 0.15) is 0 Å². The number of hydrogen-bond acceptors (Lipinski definition) is 3. The maximum atomic E-state index is 12.9. The van der Waals surface area contributed by atoms with E-state index < -0.39 is 0 Å². The van der Waals surface area contributed by atoms with Crippen molar-refractivity contribution in [3.63, 3.8) is 0 Å². The second kappa shape index (κ2) is 8.10. The molecular weight excluding hydrogens is 362 g/mol. The minimum absolute atomic E-state index is 0.0963. The molecular formula is C24H21N3O2.